The molecule has 0 N–H and O–H groups in total. The summed E-state index contributed by atoms with van der Waals surface area (Å²) in [5, 5.41) is 3.03. The molecule has 2 atom stereocenters. The van der Waals surface area contributed by atoms with E-state index in [1.54, 1.807) is 23.5 Å². The zero-order chi connectivity index (χ0) is 16.5. The molecule has 6 heteroatoms. The van der Waals surface area contributed by atoms with Gasteiger partial charge < -0.3 is 9.80 Å². The quantitative estimate of drug-likeness (QED) is 0.858. The average Bonchev–Trinajstić information content (AvgIpc) is 3.28. The molecule has 1 saturated heterocycles. The Labute approximate surface area is 144 Å². The molecule has 1 aromatic heterocycles. The molecule has 1 aliphatic carbocycles. The summed E-state index contributed by atoms with van der Waals surface area (Å²) in [6.45, 7) is 3.36. The normalized spacial score (nSPS) is 23.9. The molecule has 0 spiro atoms. The summed E-state index contributed by atoms with van der Waals surface area (Å²) in [6.07, 6.45) is 3.68. The standard InChI is InChI=1S/C18H20FN3OS/c19-14-4-2-13(3-5-14)15-12-16(15)17(23)21-7-1-8-22(10-9-21)18-20-6-11-24-18/h2-6,11,15-16H,1,7-10,12H2/t15-,16-/m0/s1. The van der Waals surface area contributed by atoms with Gasteiger partial charge in [0.05, 0.1) is 0 Å². The molecule has 1 aromatic carbocycles. The summed E-state index contributed by atoms with van der Waals surface area (Å²) in [5.74, 6) is 0.362. The van der Waals surface area contributed by atoms with E-state index in [4.69, 9.17) is 0 Å². The highest BCUT2D eigenvalue weighted by molar-refractivity contribution is 7.13. The minimum absolute atomic E-state index is 0.0712. The van der Waals surface area contributed by atoms with Crippen molar-refractivity contribution in [2.75, 3.05) is 31.1 Å². The first kappa shape index (κ1) is 15.6. The molecule has 2 fully saturated rings. The first-order chi connectivity index (χ1) is 11.7. The predicted molar refractivity (Wildman–Crippen MR) is 92.8 cm³/mol. The summed E-state index contributed by atoms with van der Waals surface area (Å²) < 4.78 is 13.0. The van der Waals surface area contributed by atoms with Crippen molar-refractivity contribution in [3.05, 3.63) is 47.2 Å². The second kappa shape index (κ2) is 6.51. The van der Waals surface area contributed by atoms with E-state index in [9.17, 15) is 9.18 Å². The molecule has 1 amide bonds. The summed E-state index contributed by atoms with van der Waals surface area (Å²) in [4.78, 5) is 21.4. The molecule has 2 aliphatic rings. The van der Waals surface area contributed by atoms with Gasteiger partial charge in [0.2, 0.25) is 5.91 Å². The maximum atomic E-state index is 13.0. The van der Waals surface area contributed by atoms with Crippen molar-refractivity contribution in [2.45, 2.75) is 18.8 Å². The van der Waals surface area contributed by atoms with Crippen LogP contribution in [0.1, 0.15) is 24.3 Å². The Bertz CT molecular complexity index is 704. The number of hydrogen-bond donors (Lipinski definition) is 0. The number of benzene rings is 1. The summed E-state index contributed by atoms with van der Waals surface area (Å²) in [7, 11) is 0. The van der Waals surface area contributed by atoms with Crippen LogP contribution in [-0.4, -0.2) is 42.0 Å². The second-order valence-corrected chi connectivity index (χ2v) is 7.35. The van der Waals surface area contributed by atoms with Crippen molar-refractivity contribution in [1.29, 1.82) is 0 Å². The highest BCUT2D eigenvalue weighted by Crippen LogP contribution is 2.48. The van der Waals surface area contributed by atoms with Gasteiger partial charge >= 0.3 is 0 Å². The number of nitrogens with zero attached hydrogens (tertiary/aromatic N) is 3. The van der Waals surface area contributed by atoms with E-state index < -0.39 is 0 Å². The number of anilines is 1. The van der Waals surface area contributed by atoms with Gasteiger partial charge in [-0.2, -0.15) is 0 Å². The lowest BCUT2D eigenvalue weighted by molar-refractivity contribution is -0.132. The first-order valence-electron chi connectivity index (χ1n) is 8.41. The molecule has 24 heavy (non-hydrogen) atoms. The molecule has 126 valence electrons. The molecule has 0 radical (unpaired) electrons. The van der Waals surface area contributed by atoms with Crippen LogP contribution >= 0.6 is 11.3 Å². The third-order valence-corrected chi connectivity index (χ3v) is 5.74. The maximum absolute atomic E-state index is 13.0. The Hall–Kier alpha value is -1.95. The molecular weight excluding hydrogens is 325 g/mol. The lowest BCUT2D eigenvalue weighted by Gasteiger charge is -2.22. The fourth-order valence-electron chi connectivity index (χ4n) is 3.48. The van der Waals surface area contributed by atoms with Crippen molar-refractivity contribution in [3.63, 3.8) is 0 Å². The van der Waals surface area contributed by atoms with Gasteiger partial charge in [-0.3, -0.25) is 4.79 Å². The molecule has 4 rings (SSSR count). The zero-order valence-corrected chi connectivity index (χ0v) is 14.2. The van der Waals surface area contributed by atoms with Crippen molar-refractivity contribution in [2.24, 2.45) is 5.92 Å². The third-order valence-electron chi connectivity index (χ3n) is 4.90. The van der Waals surface area contributed by atoms with E-state index >= 15 is 0 Å². The van der Waals surface area contributed by atoms with Gasteiger partial charge in [0.15, 0.2) is 5.13 Å². The van der Waals surface area contributed by atoms with Crippen LogP contribution in [0.25, 0.3) is 0 Å². The van der Waals surface area contributed by atoms with Gasteiger partial charge in [-0.25, -0.2) is 9.37 Å². The van der Waals surface area contributed by atoms with Gasteiger partial charge in [0, 0.05) is 43.7 Å². The molecule has 1 aliphatic heterocycles. The molecule has 2 heterocycles. The molecule has 0 unspecified atom stereocenters. The van der Waals surface area contributed by atoms with E-state index in [0.29, 0.717) is 0 Å². The maximum Gasteiger partial charge on any atom is 0.226 e. The summed E-state index contributed by atoms with van der Waals surface area (Å²) >= 11 is 1.65. The Morgan fingerprint density at radius 2 is 2.00 bits per heavy atom. The first-order valence-corrected chi connectivity index (χ1v) is 9.29. The van der Waals surface area contributed by atoms with Crippen LogP contribution in [0.5, 0.6) is 0 Å². The second-order valence-electron chi connectivity index (χ2n) is 6.48. The van der Waals surface area contributed by atoms with Gasteiger partial charge in [-0.15, -0.1) is 11.3 Å². The Balaban J connectivity index is 1.36. The number of carbonyl (C=O) groups excluding carboxylic acids is 1. The van der Waals surface area contributed by atoms with E-state index in [2.05, 4.69) is 9.88 Å². The third kappa shape index (κ3) is 3.15. The van der Waals surface area contributed by atoms with Crippen molar-refractivity contribution < 1.29 is 9.18 Å². The van der Waals surface area contributed by atoms with E-state index in [-0.39, 0.29) is 23.6 Å². The number of halogens is 1. The minimum atomic E-state index is -0.225. The minimum Gasteiger partial charge on any atom is -0.346 e. The van der Waals surface area contributed by atoms with Crippen LogP contribution in [0.4, 0.5) is 9.52 Å². The predicted octanol–water partition coefficient (Wildman–Crippen LogP) is 3.12. The fourth-order valence-corrected chi connectivity index (χ4v) is 4.18. The Kier molecular flexibility index (Phi) is 4.22. The molecular formula is C18H20FN3OS. The van der Waals surface area contributed by atoms with E-state index in [0.717, 1.165) is 49.7 Å². The van der Waals surface area contributed by atoms with Crippen LogP contribution in [0.15, 0.2) is 35.8 Å². The number of hydrogen-bond acceptors (Lipinski definition) is 4. The average molecular weight is 345 g/mol. The number of amides is 1. The number of thiazole rings is 1. The highest BCUT2D eigenvalue weighted by Gasteiger charge is 2.45. The van der Waals surface area contributed by atoms with Gasteiger partial charge in [-0.1, -0.05) is 12.1 Å². The van der Waals surface area contributed by atoms with Crippen LogP contribution in [0.3, 0.4) is 0 Å². The SMILES string of the molecule is O=C([C@H]1C[C@H]1c1ccc(F)cc1)N1CCCN(c2nccs2)CC1. The van der Waals surface area contributed by atoms with Gasteiger partial charge in [0.1, 0.15) is 5.82 Å². The fraction of sp³-hybridized carbons (Fsp3) is 0.444. The molecule has 2 aromatic rings. The van der Waals surface area contributed by atoms with E-state index in [1.165, 1.54) is 12.1 Å². The van der Waals surface area contributed by atoms with Crippen molar-refractivity contribution in [3.8, 4) is 0 Å². The van der Waals surface area contributed by atoms with Crippen molar-refractivity contribution in [1.82, 2.24) is 9.88 Å². The smallest absolute Gasteiger partial charge is 0.226 e. The number of carbonyl (C=O) groups is 1. The van der Waals surface area contributed by atoms with Crippen molar-refractivity contribution >= 4 is 22.4 Å². The molecule has 0 bridgehead atoms. The van der Waals surface area contributed by atoms with Gasteiger partial charge in [0.25, 0.3) is 0 Å². The lowest BCUT2D eigenvalue weighted by Crippen LogP contribution is -2.36. The van der Waals surface area contributed by atoms with Crippen LogP contribution in [0.2, 0.25) is 0 Å². The summed E-state index contributed by atoms with van der Waals surface area (Å²) in [5.41, 5.74) is 1.08. The zero-order valence-electron chi connectivity index (χ0n) is 13.4. The summed E-state index contributed by atoms with van der Waals surface area (Å²) in [6, 6.07) is 6.57. The Morgan fingerprint density at radius 3 is 2.75 bits per heavy atom. The lowest BCUT2D eigenvalue weighted by atomic mass is 10.1. The van der Waals surface area contributed by atoms with Gasteiger partial charge in [-0.05, 0) is 36.5 Å². The van der Waals surface area contributed by atoms with Crippen LogP contribution in [0, 0.1) is 11.7 Å². The Morgan fingerprint density at radius 1 is 1.17 bits per heavy atom. The number of aromatic nitrogens is 1. The van der Waals surface area contributed by atoms with E-state index in [1.807, 2.05) is 16.5 Å². The van der Waals surface area contributed by atoms with Crippen LogP contribution < -0.4 is 4.90 Å². The topological polar surface area (TPSA) is 36.4 Å². The monoisotopic (exact) mass is 345 g/mol. The molecule has 1 saturated carbocycles. The highest BCUT2D eigenvalue weighted by atomic mass is 32.1. The number of rotatable bonds is 3. The molecule has 4 nitrogen and oxygen atoms in total. The van der Waals surface area contributed by atoms with Crippen LogP contribution in [-0.2, 0) is 4.79 Å². The largest absolute Gasteiger partial charge is 0.346 e.